The lowest BCUT2D eigenvalue weighted by Gasteiger charge is -2.25. The van der Waals surface area contributed by atoms with Crippen molar-refractivity contribution >= 4 is 11.8 Å². The van der Waals surface area contributed by atoms with Gasteiger partial charge < -0.3 is 0 Å². The van der Waals surface area contributed by atoms with E-state index in [9.17, 15) is 9.59 Å². The van der Waals surface area contributed by atoms with Crippen LogP contribution < -0.4 is 5.43 Å². The quantitative estimate of drug-likeness (QED) is 0.465. The first-order valence-corrected chi connectivity index (χ1v) is 8.51. The zero-order valence-corrected chi connectivity index (χ0v) is 14.6. The summed E-state index contributed by atoms with van der Waals surface area (Å²) in [7, 11) is 1.64. The Morgan fingerprint density at radius 3 is 2.14 bits per heavy atom. The van der Waals surface area contributed by atoms with Crippen LogP contribution in [0.3, 0.4) is 0 Å². The SMILES string of the molecule is CCCCCCCC(CC)C(=O)N(NC)C(=O)CC(C)C. The van der Waals surface area contributed by atoms with E-state index in [1.165, 1.54) is 30.7 Å². The van der Waals surface area contributed by atoms with Crippen molar-refractivity contribution in [1.82, 2.24) is 10.4 Å². The molecule has 1 N–H and O–H groups in total. The molecule has 0 rings (SSSR count). The van der Waals surface area contributed by atoms with Gasteiger partial charge in [0, 0.05) is 19.4 Å². The van der Waals surface area contributed by atoms with Gasteiger partial charge in [0.15, 0.2) is 0 Å². The molecule has 21 heavy (non-hydrogen) atoms. The summed E-state index contributed by atoms with van der Waals surface area (Å²) in [6, 6.07) is 0. The van der Waals surface area contributed by atoms with Crippen molar-refractivity contribution in [3.8, 4) is 0 Å². The average molecular weight is 298 g/mol. The second-order valence-electron chi connectivity index (χ2n) is 6.20. The van der Waals surface area contributed by atoms with Crippen LogP contribution >= 0.6 is 0 Å². The van der Waals surface area contributed by atoms with Crippen molar-refractivity contribution in [2.24, 2.45) is 11.8 Å². The maximum Gasteiger partial charge on any atom is 0.246 e. The molecule has 124 valence electrons. The number of imide groups is 1. The Labute approximate surface area is 130 Å². The summed E-state index contributed by atoms with van der Waals surface area (Å²) in [4.78, 5) is 24.6. The zero-order chi connectivity index (χ0) is 16.3. The Kier molecular flexibility index (Phi) is 11.2. The number of carbonyl (C=O) groups is 2. The van der Waals surface area contributed by atoms with Gasteiger partial charge in [0.2, 0.25) is 11.8 Å². The smallest absolute Gasteiger partial charge is 0.246 e. The lowest BCUT2D eigenvalue weighted by molar-refractivity contribution is -0.151. The molecule has 0 aliphatic rings. The van der Waals surface area contributed by atoms with E-state index in [-0.39, 0.29) is 23.7 Å². The minimum absolute atomic E-state index is 0.0461. The van der Waals surface area contributed by atoms with Crippen LogP contribution in [0.25, 0.3) is 0 Å². The molecule has 1 unspecified atom stereocenters. The van der Waals surface area contributed by atoms with Crippen LogP contribution in [-0.4, -0.2) is 23.9 Å². The number of unbranched alkanes of at least 4 members (excludes halogenated alkanes) is 4. The first kappa shape index (κ1) is 20.1. The van der Waals surface area contributed by atoms with Gasteiger partial charge >= 0.3 is 0 Å². The highest BCUT2D eigenvalue weighted by molar-refractivity contribution is 5.95. The molecule has 1 atom stereocenters. The summed E-state index contributed by atoms with van der Waals surface area (Å²) in [6.07, 6.45) is 8.06. The molecule has 0 saturated carbocycles. The Morgan fingerprint density at radius 2 is 1.67 bits per heavy atom. The first-order valence-electron chi connectivity index (χ1n) is 8.51. The van der Waals surface area contributed by atoms with Crippen LogP contribution in [0.5, 0.6) is 0 Å². The van der Waals surface area contributed by atoms with Crippen molar-refractivity contribution in [2.45, 2.75) is 79.1 Å². The fourth-order valence-electron chi connectivity index (χ4n) is 2.48. The van der Waals surface area contributed by atoms with Gasteiger partial charge in [-0.1, -0.05) is 59.8 Å². The van der Waals surface area contributed by atoms with E-state index in [0.29, 0.717) is 6.42 Å². The molecule has 0 aromatic carbocycles. The second kappa shape index (κ2) is 11.7. The van der Waals surface area contributed by atoms with Gasteiger partial charge in [-0.25, -0.2) is 10.4 Å². The lowest BCUT2D eigenvalue weighted by Crippen LogP contribution is -2.48. The molecule has 0 fully saturated rings. The molecule has 0 aromatic rings. The number of amides is 2. The highest BCUT2D eigenvalue weighted by Gasteiger charge is 2.26. The Morgan fingerprint density at radius 1 is 1.05 bits per heavy atom. The van der Waals surface area contributed by atoms with E-state index in [1.54, 1.807) is 7.05 Å². The van der Waals surface area contributed by atoms with Crippen LogP contribution in [0.15, 0.2) is 0 Å². The van der Waals surface area contributed by atoms with Crippen LogP contribution in [0.4, 0.5) is 0 Å². The average Bonchev–Trinajstić information content (AvgIpc) is 2.42. The largest absolute Gasteiger partial charge is 0.273 e. The van der Waals surface area contributed by atoms with Crippen LogP contribution in [-0.2, 0) is 9.59 Å². The Bertz CT molecular complexity index is 303. The minimum atomic E-state index is -0.123. The molecule has 0 spiro atoms. The summed E-state index contributed by atoms with van der Waals surface area (Å²) < 4.78 is 0. The first-order chi connectivity index (χ1) is 9.97. The molecule has 4 heteroatoms. The lowest BCUT2D eigenvalue weighted by atomic mass is 9.96. The fraction of sp³-hybridized carbons (Fsp3) is 0.882. The summed E-state index contributed by atoms with van der Waals surface area (Å²) >= 11 is 0. The highest BCUT2D eigenvalue weighted by Crippen LogP contribution is 2.18. The molecule has 0 bridgehead atoms. The van der Waals surface area contributed by atoms with Gasteiger partial charge in [-0.3, -0.25) is 9.59 Å². The van der Waals surface area contributed by atoms with E-state index in [2.05, 4.69) is 12.3 Å². The molecular weight excluding hydrogens is 264 g/mol. The van der Waals surface area contributed by atoms with Crippen LogP contribution in [0.2, 0.25) is 0 Å². The predicted molar refractivity (Wildman–Crippen MR) is 87.5 cm³/mol. The maximum absolute atomic E-state index is 12.5. The van der Waals surface area contributed by atoms with Crippen molar-refractivity contribution in [2.75, 3.05) is 7.05 Å². The molecule has 0 radical (unpaired) electrons. The maximum atomic E-state index is 12.5. The number of hydrazine groups is 1. The van der Waals surface area contributed by atoms with Crippen molar-refractivity contribution in [1.29, 1.82) is 0 Å². The summed E-state index contributed by atoms with van der Waals surface area (Å²) in [5.74, 6) is 0.0218. The molecule has 0 saturated heterocycles. The minimum Gasteiger partial charge on any atom is -0.273 e. The third-order valence-electron chi connectivity index (χ3n) is 3.77. The number of rotatable bonds is 11. The Hall–Kier alpha value is -0.900. The number of hydrogen-bond donors (Lipinski definition) is 1. The van der Waals surface area contributed by atoms with Crippen molar-refractivity contribution in [3.63, 3.8) is 0 Å². The molecule has 0 heterocycles. The molecule has 2 amide bonds. The molecule has 4 nitrogen and oxygen atoms in total. The molecule has 0 aromatic heterocycles. The normalized spacial score (nSPS) is 12.5. The summed E-state index contributed by atoms with van der Waals surface area (Å²) in [6.45, 7) is 8.20. The third-order valence-corrected chi connectivity index (χ3v) is 3.77. The molecule has 0 aliphatic heterocycles. The van der Waals surface area contributed by atoms with E-state index in [4.69, 9.17) is 0 Å². The van der Waals surface area contributed by atoms with E-state index in [0.717, 1.165) is 19.3 Å². The van der Waals surface area contributed by atoms with E-state index >= 15 is 0 Å². The van der Waals surface area contributed by atoms with Gasteiger partial charge in [0.25, 0.3) is 0 Å². The summed E-state index contributed by atoms with van der Waals surface area (Å²) in [5, 5.41) is 1.22. The zero-order valence-electron chi connectivity index (χ0n) is 14.6. The van der Waals surface area contributed by atoms with Gasteiger partial charge in [-0.05, 0) is 18.8 Å². The molecular formula is C17H34N2O2. The highest BCUT2D eigenvalue weighted by atomic mass is 16.2. The van der Waals surface area contributed by atoms with E-state index < -0.39 is 0 Å². The number of nitrogens with zero attached hydrogens (tertiary/aromatic N) is 1. The predicted octanol–water partition coefficient (Wildman–Crippen LogP) is 3.91. The van der Waals surface area contributed by atoms with Crippen LogP contribution in [0, 0.1) is 11.8 Å². The number of nitrogens with one attached hydrogen (secondary N) is 1. The molecule has 0 aliphatic carbocycles. The topological polar surface area (TPSA) is 49.4 Å². The van der Waals surface area contributed by atoms with Gasteiger partial charge in [-0.15, -0.1) is 0 Å². The van der Waals surface area contributed by atoms with E-state index in [1.807, 2.05) is 20.8 Å². The van der Waals surface area contributed by atoms with Gasteiger partial charge in [0.05, 0.1) is 0 Å². The number of hydrogen-bond acceptors (Lipinski definition) is 3. The van der Waals surface area contributed by atoms with Crippen LogP contribution in [0.1, 0.15) is 79.1 Å². The fourth-order valence-corrected chi connectivity index (χ4v) is 2.48. The Balaban J connectivity index is 4.41. The standard InChI is InChI=1S/C17H34N2O2/c1-6-8-9-10-11-12-15(7-2)17(21)19(18-5)16(20)13-14(3)4/h14-15,18H,6-13H2,1-5H3. The summed E-state index contributed by atoms with van der Waals surface area (Å²) in [5.41, 5.74) is 2.77. The van der Waals surface area contributed by atoms with Crippen molar-refractivity contribution < 1.29 is 9.59 Å². The second-order valence-corrected chi connectivity index (χ2v) is 6.20. The number of carbonyl (C=O) groups excluding carboxylic acids is 2. The monoisotopic (exact) mass is 298 g/mol. The third kappa shape index (κ3) is 8.20. The van der Waals surface area contributed by atoms with Gasteiger partial charge in [-0.2, -0.15) is 0 Å². The van der Waals surface area contributed by atoms with Gasteiger partial charge in [0.1, 0.15) is 0 Å². The van der Waals surface area contributed by atoms with Crippen molar-refractivity contribution in [3.05, 3.63) is 0 Å².